The number of rotatable bonds is 6. The molecule has 0 unspecified atom stereocenters. The number of nitrogens with zero attached hydrogens (tertiary/aromatic N) is 4. The van der Waals surface area contributed by atoms with Crippen LogP contribution in [0.2, 0.25) is 0 Å². The van der Waals surface area contributed by atoms with Gasteiger partial charge >= 0.3 is 0 Å². The maximum atomic E-state index is 13.5. The summed E-state index contributed by atoms with van der Waals surface area (Å²) in [7, 11) is 0. The minimum atomic E-state index is -0.217. The normalized spacial score (nSPS) is 10.5. The van der Waals surface area contributed by atoms with Crippen molar-refractivity contribution >= 4 is 17.6 Å². The van der Waals surface area contributed by atoms with E-state index >= 15 is 0 Å². The molecule has 0 spiro atoms. The summed E-state index contributed by atoms with van der Waals surface area (Å²) in [5.41, 5.74) is 0.639. The summed E-state index contributed by atoms with van der Waals surface area (Å²) in [5, 5.41) is 17.5. The van der Waals surface area contributed by atoms with Crippen molar-refractivity contribution in [3.8, 4) is 0 Å². The van der Waals surface area contributed by atoms with Crippen LogP contribution in [0.15, 0.2) is 41.1 Å². The Bertz CT molecular complexity index is 791. The van der Waals surface area contributed by atoms with Crippen molar-refractivity contribution in [1.82, 2.24) is 20.3 Å². The van der Waals surface area contributed by atoms with E-state index in [-0.39, 0.29) is 5.82 Å². The Labute approximate surface area is 131 Å². The first-order valence-corrected chi connectivity index (χ1v) is 7.08. The number of anilines is 3. The summed E-state index contributed by atoms with van der Waals surface area (Å²) in [6.07, 6.45) is 2.00. The molecule has 0 bridgehead atoms. The third kappa shape index (κ3) is 4.00. The van der Waals surface area contributed by atoms with Gasteiger partial charge in [-0.25, -0.2) is 4.39 Å². The zero-order valence-corrected chi connectivity index (χ0v) is 12.5. The van der Waals surface area contributed by atoms with Gasteiger partial charge in [0.15, 0.2) is 11.6 Å². The molecule has 8 heteroatoms. The molecular formula is C15H15FN6O. The SMILES string of the molecule is Cc1cc(Nc2cnnc(NCCc3ccccc3F)n2)no1. The molecule has 2 heterocycles. The Kier molecular flexibility index (Phi) is 4.41. The van der Waals surface area contributed by atoms with Crippen LogP contribution in [0.5, 0.6) is 0 Å². The van der Waals surface area contributed by atoms with Gasteiger partial charge in [-0.15, -0.1) is 5.10 Å². The lowest BCUT2D eigenvalue weighted by atomic mass is 10.1. The van der Waals surface area contributed by atoms with Gasteiger partial charge in [-0.2, -0.15) is 10.1 Å². The summed E-state index contributed by atoms with van der Waals surface area (Å²) in [5.74, 6) is 1.86. The van der Waals surface area contributed by atoms with Crippen molar-refractivity contribution in [2.75, 3.05) is 17.2 Å². The van der Waals surface area contributed by atoms with Crippen LogP contribution in [-0.4, -0.2) is 26.9 Å². The number of aryl methyl sites for hydroxylation is 1. The molecule has 2 N–H and O–H groups in total. The van der Waals surface area contributed by atoms with Gasteiger partial charge in [0.25, 0.3) is 0 Å². The molecule has 0 amide bonds. The molecule has 118 valence electrons. The highest BCUT2D eigenvalue weighted by molar-refractivity contribution is 5.51. The number of benzene rings is 1. The molecule has 1 aromatic carbocycles. The van der Waals surface area contributed by atoms with Crippen molar-refractivity contribution in [3.63, 3.8) is 0 Å². The minimum Gasteiger partial charge on any atom is -0.360 e. The van der Waals surface area contributed by atoms with Gasteiger partial charge in [-0.3, -0.25) is 0 Å². The largest absolute Gasteiger partial charge is 0.360 e. The molecular weight excluding hydrogens is 299 g/mol. The predicted octanol–water partition coefficient (Wildman–Crippen LogP) is 2.71. The monoisotopic (exact) mass is 314 g/mol. The molecule has 7 nitrogen and oxygen atoms in total. The van der Waals surface area contributed by atoms with E-state index in [4.69, 9.17) is 4.52 Å². The fourth-order valence-corrected chi connectivity index (χ4v) is 2.01. The second kappa shape index (κ2) is 6.82. The lowest BCUT2D eigenvalue weighted by molar-refractivity contribution is 0.400. The van der Waals surface area contributed by atoms with Crippen LogP contribution in [0.4, 0.5) is 22.0 Å². The Hall–Kier alpha value is -3.03. The Morgan fingerprint density at radius 3 is 2.87 bits per heavy atom. The minimum absolute atomic E-state index is 0.217. The second-order valence-electron chi connectivity index (χ2n) is 4.88. The summed E-state index contributed by atoms with van der Waals surface area (Å²) in [6.45, 7) is 2.29. The van der Waals surface area contributed by atoms with Gasteiger partial charge in [0.2, 0.25) is 5.95 Å². The molecule has 0 fully saturated rings. The highest BCUT2D eigenvalue weighted by atomic mass is 19.1. The smallest absolute Gasteiger partial charge is 0.244 e. The predicted molar refractivity (Wildman–Crippen MR) is 82.9 cm³/mol. The molecule has 3 aromatic rings. The summed E-state index contributed by atoms with van der Waals surface area (Å²) >= 11 is 0. The van der Waals surface area contributed by atoms with Gasteiger partial charge in [0, 0.05) is 12.6 Å². The molecule has 0 atom stereocenters. The lowest BCUT2D eigenvalue weighted by Gasteiger charge is -2.06. The summed E-state index contributed by atoms with van der Waals surface area (Å²) in [6, 6.07) is 8.41. The third-order valence-corrected chi connectivity index (χ3v) is 3.08. The average molecular weight is 314 g/mol. The molecule has 3 rings (SSSR count). The maximum absolute atomic E-state index is 13.5. The highest BCUT2D eigenvalue weighted by Gasteiger charge is 2.05. The van der Waals surface area contributed by atoms with E-state index in [1.807, 2.05) is 0 Å². The van der Waals surface area contributed by atoms with E-state index in [1.54, 1.807) is 31.2 Å². The first kappa shape index (κ1) is 14.9. The molecule has 0 saturated carbocycles. The van der Waals surface area contributed by atoms with Gasteiger partial charge in [-0.1, -0.05) is 23.4 Å². The molecule has 0 aliphatic rings. The fourth-order valence-electron chi connectivity index (χ4n) is 2.01. The lowest BCUT2D eigenvalue weighted by Crippen LogP contribution is -2.10. The van der Waals surface area contributed by atoms with Crippen LogP contribution >= 0.6 is 0 Å². The van der Waals surface area contributed by atoms with Crippen molar-refractivity contribution in [1.29, 1.82) is 0 Å². The van der Waals surface area contributed by atoms with Gasteiger partial charge in [0.1, 0.15) is 11.6 Å². The molecule has 0 radical (unpaired) electrons. The molecule has 0 aliphatic carbocycles. The quantitative estimate of drug-likeness (QED) is 0.723. The average Bonchev–Trinajstić information content (AvgIpc) is 2.95. The number of halogens is 1. The second-order valence-corrected chi connectivity index (χ2v) is 4.88. The standard InChI is InChI=1S/C15H15FN6O/c1-10-8-13(22-23-10)19-14-9-18-21-15(20-14)17-7-6-11-4-2-3-5-12(11)16/h2-5,8-9H,6-7H2,1H3,(H2,17,19,20,21,22). The van der Waals surface area contributed by atoms with Crippen LogP contribution in [0.25, 0.3) is 0 Å². The van der Waals surface area contributed by atoms with E-state index in [2.05, 4.69) is 31.0 Å². The number of nitrogens with one attached hydrogen (secondary N) is 2. The Morgan fingerprint density at radius 1 is 1.22 bits per heavy atom. The van der Waals surface area contributed by atoms with Crippen molar-refractivity contribution in [2.45, 2.75) is 13.3 Å². The topological polar surface area (TPSA) is 88.8 Å². The number of aromatic nitrogens is 4. The molecule has 23 heavy (non-hydrogen) atoms. The fraction of sp³-hybridized carbons (Fsp3) is 0.200. The zero-order chi connectivity index (χ0) is 16.1. The third-order valence-electron chi connectivity index (χ3n) is 3.08. The van der Waals surface area contributed by atoms with E-state index < -0.39 is 0 Å². The zero-order valence-electron chi connectivity index (χ0n) is 12.5. The summed E-state index contributed by atoms with van der Waals surface area (Å²) in [4.78, 5) is 4.26. The first-order chi connectivity index (χ1) is 11.2. The van der Waals surface area contributed by atoms with E-state index in [0.717, 1.165) is 0 Å². The molecule has 0 aliphatic heterocycles. The summed E-state index contributed by atoms with van der Waals surface area (Å²) < 4.78 is 18.5. The van der Waals surface area contributed by atoms with Gasteiger partial charge in [-0.05, 0) is 25.0 Å². The van der Waals surface area contributed by atoms with Crippen molar-refractivity contribution in [2.24, 2.45) is 0 Å². The van der Waals surface area contributed by atoms with Crippen LogP contribution in [0.3, 0.4) is 0 Å². The maximum Gasteiger partial charge on any atom is 0.244 e. The Morgan fingerprint density at radius 2 is 2.09 bits per heavy atom. The van der Waals surface area contributed by atoms with Crippen molar-refractivity contribution in [3.05, 3.63) is 53.7 Å². The first-order valence-electron chi connectivity index (χ1n) is 7.08. The van der Waals surface area contributed by atoms with Crippen LogP contribution in [0.1, 0.15) is 11.3 Å². The number of hydrogen-bond donors (Lipinski definition) is 2. The van der Waals surface area contributed by atoms with E-state index in [0.29, 0.717) is 41.9 Å². The number of hydrogen-bond acceptors (Lipinski definition) is 7. The molecule has 2 aromatic heterocycles. The molecule has 0 saturated heterocycles. The van der Waals surface area contributed by atoms with Gasteiger partial charge < -0.3 is 15.2 Å². The van der Waals surface area contributed by atoms with Crippen molar-refractivity contribution < 1.29 is 8.91 Å². The van der Waals surface area contributed by atoms with Crippen LogP contribution in [-0.2, 0) is 6.42 Å². The van der Waals surface area contributed by atoms with E-state index in [1.165, 1.54) is 12.3 Å². The van der Waals surface area contributed by atoms with E-state index in [9.17, 15) is 4.39 Å². The van der Waals surface area contributed by atoms with Crippen LogP contribution < -0.4 is 10.6 Å². The van der Waals surface area contributed by atoms with Crippen LogP contribution in [0, 0.1) is 12.7 Å². The Balaban J connectivity index is 1.58. The highest BCUT2D eigenvalue weighted by Crippen LogP contribution is 2.14. The van der Waals surface area contributed by atoms with Gasteiger partial charge in [0.05, 0.1) is 6.20 Å².